The fourth-order valence-electron chi connectivity index (χ4n) is 1.91. The first-order valence-electron chi connectivity index (χ1n) is 6.11. The number of thiazole rings is 1. The van der Waals surface area contributed by atoms with Gasteiger partial charge in [0, 0.05) is 10.4 Å². The van der Waals surface area contributed by atoms with Gasteiger partial charge in [-0.2, -0.15) is 0 Å². The van der Waals surface area contributed by atoms with Crippen LogP contribution in [-0.2, 0) is 0 Å². The SMILES string of the molecule is CCCC(N)c1nc(-c2ccccc2F)c(C)s1. The molecular formula is C14H17FN2S. The highest BCUT2D eigenvalue weighted by Crippen LogP contribution is 2.32. The molecule has 0 bridgehead atoms. The van der Waals surface area contributed by atoms with E-state index in [9.17, 15) is 4.39 Å². The molecule has 0 radical (unpaired) electrons. The van der Waals surface area contributed by atoms with Crippen molar-refractivity contribution in [3.8, 4) is 11.3 Å². The van der Waals surface area contributed by atoms with Gasteiger partial charge in [-0.05, 0) is 25.5 Å². The minimum absolute atomic E-state index is 0.0424. The monoisotopic (exact) mass is 264 g/mol. The van der Waals surface area contributed by atoms with Gasteiger partial charge in [-0.3, -0.25) is 0 Å². The van der Waals surface area contributed by atoms with E-state index in [1.165, 1.54) is 6.07 Å². The van der Waals surface area contributed by atoms with Crippen molar-refractivity contribution >= 4 is 11.3 Å². The first kappa shape index (κ1) is 13.2. The van der Waals surface area contributed by atoms with Crippen LogP contribution in [0.2, 0.25) is 0 Å². The minimum atomic E-state index is -0.235. The smallest absolute Gasteiger partial charge is 0.132 e. The van der Waals surface area contributed by atoms with Crippen LogP contribution in [-0.4, -0.2) is 4.98 Å². The summed E-state index contributed by atoms with van der Waals surface area (Å²) >= 11 is 1.56. The summed E-state index contributed by atoms with van der Waals surface area (Å²) in [5.41, 5.74) is 7.34. The Morgan fingerprint density at radius 1 is 1.39 bits per heavy atom. The Hall–Kier alpha value is -1.26. The second kappa shape index (κ2) is 5.59. The number of hydrogen-bond acceptors (Lipinski definition) is 3. The van der Waals surface area contributed by atoms with Crippen molar-refractivity contribution in [2.24, 2.45) is 5.73 Å². The molecule has 0 spiro atoms. The fraction of sp³-hybridized carbons (Fsp3) is 0.357. The molecule has 0 saturated carbocycles. The Morgan fingerprint density at radius 3 is 2.78 bits per heavy atom. The van der Waals surface area contributed by atoms with Crippen LogP contribution in [0, 0.1) is 12.7 Å². The van der Waals surface area contributed by atoms with E-state index in [0.717, 1.165) is 28.4 Å². The van der Waals surface area contributed by atoms with Crippen molar-refractivity contribution < 1.29 is 4.39 Å². The number of aryl methyl sites for hydroxylation is 1. The van der Waals surface area contributed by atoms with Crippen LogP contribution in [0.15, 0.2) is 24.3 Å². The van der Waals surface area contributed by atoms with Gasteiger partial charge in [-0.25, -0.2) is 9.37 Å². The predicted octanol–water partition coefficient (Wildman–Crippen LogP) is 4.06. The highest BCUT2D eigenvalue weighted by atomic mass is 32.1. The third-order valence-electron chi connectivity index (χ3n) is 2.86. The molecule has 1 atom stereocenters. The summed E-state index contributed by atoms with van der Waals surface area (Å²) in [5, 5.41) is 0.896. The van der Waals surface area contributed by atoms with E-state index in [0.29, 0.717) is 5.56 Å². The number of rotatable bonds is 4. The maximum absolute atomic E-state index is 13.7. The maximum Gasteiger partial charge on any atom is 0.132 e. The van der Waals surface area contributed by atoms with Crippen molar-refractivity contribution in [1.29, 1.82) is 0 Å². The summed E-state index contributed by atoms with van der Waals surface area (Å²) in [6.07, 6.45) is 1.93. The Kier molecular flexibility index (Phi) is 4.09. The van der Waals surface area contributed by atoms with Gasteiger partial charge in [0.25, 0.3) is 0 Å². The number of nitrogens with two attached hydrogens (primary N) is 1. The summed E-state index contributed by atoms with van der Waals surface area (Å²) in [6.45, 7) is 4.06. The third-order valence-corrected chi connectivity index (χ3v) is 3.96. The highest BCUT2D eigenvalue weighted by molar-refractivity contribution is 7.12. The van der Waals surface area contributed by atoms with Crippen molar-refractivity contribution in [3.05, 3.63) is 40.0 Å². The average molecular weight is 264 g/mol. The molecule has 1 unspecified atom stereocenters. The van der Waals surface area contributed by atoms with Crippen LogP contribution in [0.1, 0.15) is 35.7 Å². The molecule has 2 aromatic rings. The molecule has 0 saturated heterocycles. The number of halogens is 1. The van der Waals surface area contributed by atoms with Crippen molar-refractivity contribution in [2.45, 2.75) is 32.7 Å². The lowest BCUT2D eigenvalue weighted by Gasteiger charge is -2.05. The lowest BCUT2D eigenvalue weighted by molar-refractivity contribution is 0.627. The molecule has 0 aliphatic rings. The van der Waals surface area contributed by atoms with Crippen molar-refractivity contribution in [3.63, 3.8) is 0 Å². The van der Waals surface area contributed by atoms with Crippen LogP contribution in [0.25, 0.3) is 11.3 Å². The van der Waals surface area contributed by atoms with Crippen molar-refractivity contribution in [1.82, 2.24) is 4.98 Å². The third kappa shape index (κ3) is 2.60. The number of hydrogen-bond donors (Lipinski definition) is 1. The van der Waals surface area contributed by atoms with E-state index in [1.807, 2.05) is 13.0 Å². The molecule has 2 N–H and O–H groups in total. The average Bonchev–Trinajstić information content (AvgIpc) is 2.72. The molecule has 0 aliphatic heterocycles. The van der Waals surface area contributed by atoms with Crippen LogP contribution in [0.4, 0.5) is 4.39 Å². The van der Waals surface area contributed by atoms with E-state index in [2.05, 4.69) is 11.9 Å². The van der Waals surface area contributed by atoms with E-state index in [-0.39, 0.29) is 11.9 Å². The van der Waals surface area contributed by atoms with E-state index in [4.69, 9.17) is 5.73 Å². The standard InChI is InChI=1S/C14H17FN2S/c1-3-6-12(16)14-17-13(9(2)18-14)10-7-4-5-8-11(10)15/h4-5,7-8,12H,3,6,16H2,1-2H3. The summed E-state index contributed by atoms with van der Waals surface area (Å²) in [7, 11) is 0. The van der Waals surface area contributed by atoms with Gasteiger partial charge in [0.2, 0.25) is 0 Å². The fourth-order valence-corrected chi connectivity index (χ4v) is 2.89. The Bertz CT molecular complexity index is 536. The summed E-state index contributed by atoms with van der Waals surface area (Å²) in [5.74, 6) is -0.235. The molecule has 1 aromatic carbocycles. The molecule has 1 heterocycles. The molecule has 18 heavy (non-hydrogen) atoms. The second-order valence-electron chi connectivity index (χ2n) is 4.33. The molecule has 2 rings (SSSR count). The number of benzene rings is 1. The first-order valence-corrected chi connectivity index (χ1v) is 6.93. The Balaban J connectivity index is 2.38. The molecule has 0 fully saturated rings. The lowest BCUT2D eigenvalue weighted by Crippen LogP contribution is -2.09. The highest BCUT2D eigenvalue weighted by Gasteiger charge is 2.16. The Morgan fingerprint density at radius 2 is 2.11 bits per heavy atom. The van der Waals surface area contributed by atoms with Gasteiger partial charge in [-0.1, -0.05) is 25.5 Å². The van der Waals surface area contributed by atoms with E-state index < -0.39 is 0 Å². The van der Waals surface area contributed by atoms with Crippen LogP contribution in [0.5, 0.6) is 0 Å². The zero-order valence-electron chi connectivity index (χ0n) is 10.6. The number of aromatic nitrogens is 1. The summed E-state index contributed by atoms with van der Waals surface area (Å²) in [6, 6.07) is 6.68. The molecular weight excluding hydrogens is 247 g/mol. The topological polar surface area (TPSA) is 38.9 Å². The Labute approximate surface area is 111 Å². The first-order chi connectivity index (χ1) is 8.63. The zero-order chi connectivity index (χ0) is 13.1. The second-order valence-corrected chi connectivity index (χ2v) is 5.57. The van der Waals surface area contributed by atoms with E-state index >= 15 is 0 Å². The lowest BCUT2D eigenvalue weighted by atomic mass is 10.1. The van der Waals surface area contributed by atoms with Crippen LogP contribution < -0.4 is 5.73 Å². The molecule has 1 aromatic heterocycles. The van der Waals surface area contributed by atoms with Gasteiger partial charge in [-0.15, -0.1) is 11.3 Å². The maximum atomic E-state index is 13.7. The largest absolute Gasteiger partial charge is 0.322 e. The van der Waals surface area contributed by atoms with Crippen LogP contribution >= 0.6 is 11.3 Å². The van der Waals surface area contributed by atoms with Crippen molar-refractivity contribution in [2.75, 3.05) is 0 Å². The van der Waals surface area contributed by atoms with Gasteiger partial charge < -0.3 is 5.73 Å². The zero-order valence-corrected chi connectivity index (χ0v) is 11.4. The van der Waals surface area contributed by atoms with Crippen LogP contribution in [0.3, 0.4) is 0 Å². The quantitative estimate of drug-likeness (QED) is 0.904. The minimum Gasteiger partial charge on any atom is -0.322 e. The number of nitrogens with zero attached hydrogens (tertiary/aromatic N) is 1. The molecule has 2 nitrogen and oxygen atoms in total. The normalized spacial score (nSPS) is 12.7. The van der Waals surface area contributed by atoms with Gasteiger partial charge in [0.05, 0.1) is 11.7 Å². The van der Waals surface area contributed by atoms with Gasteiger partial charge in [0.1, 0.15) is 10.8 Å². The summed E-state index contributed by atoms with van der Waals surface area (Å²) in [4.78, 5) is 5.53. The van der Waals surface area contributed by atoms with E-state index in [1.54, 1.807) is 23.5 Å². The summed E-state index contributed by atoms with van der Waals surface area (Å²) < 4.78 is 13.7. The molecule has 0 amide bonds. The molecule has 4 heteroatoms. The molecule has 0 aliphatic carbocycles. The van der Waals surface area contributed by atoms with Gasteiger partial charge >= 0.3 is 0 Å². The molecule has 96 valence electrons. The predicted molar refractivity (Wildman–Crippen MR) is 74.1 cm³/mol. The van der Waals surface area contributed by atoms with Gasteiger partial charge in [0.15, 0.2) is 0 Å².